The number of anilines is 1. The van der Waals surface area contributed by atoms with Crippen LogP contribution in [-0.2, 0) is 12.8 Å². The molecule has 0 unspecified atom stereocenters. The third kappa shape index (κ3) is 3.52. The van der Waals surface area contributed by atoms with Gasteiger partial charge in [0.2, 0.25) is 11.7 Å². The lowest BCUT2D eigenvalue weighted by atomic mass is 9.94. The van der Waals surface area contributed by atoms with Gasteiger partial charge >= 0.3 is 5.69 Å². The van der Waals surface area contributed by atoms with Crippen LogP contribution in [0.1, 0.15) is 24.0 Å². The molecular weight excluding hydrogens is 423 g/mol. The number of nitrogens with two attached hydrogens (primary N) is 1. The van der Waals surface area contributed by atoms with Gasteiger partial charge in [-0.15, -0.1) is 10.2 Å². The van der Waals surface area contributed by atoms with Crippen LogP contribution in [-0.4, -0.2) is 25.0 Å². The maximum atomic E-state index is 12.0. The standard InChI is InChI=1S/C17H14Cl2N6O4/c18-10-5-7(25-17(28)21-15(27)13(20)24-25)6-11(19)12(10)29-16-9-4-2-1-3-8(9)14(26)22-23-16/h5-6H,1-4H2,(H2,20,24)(H,22,26)(H,21,27,28). The molecule has 0 amide bonds. The fourth-order valence-corrected chi connectivity index (χ4v) is 3.72. The molecule has 0 fully saturated rings. The molecule has 1 aromatic carbocycles. The second-order valence-electron chi connectivity index (χ2n) is 6.42. The molecule has 29 heavy (non-hydrogen) atoms. The van der Waals surface area contributed by atoms with Gasteiger partial charge in [0.05, 0.1) is 15.7 Å². The zero-order valence-electron chi connectivity index (χ0n) is 14.8. The highest BCUT2D eigenvalue weighted by Gasteiger charge is 2.21. The molecule has 4 rings (SSSR count). The summed E-state index contributed by atoms with van der Waals surface area (Å²) in [5, 5.41) is 10.3. The van der Waals surface area contributed by atoms with Crippen LogP contribution < -0.4 is 27.3 Å². The van der Waals surface area contributed by atoms with E-state index >= 15 is 0 Å². The van der Waals surface area contributed by atoms with E-state index in [4.69, 9.17) is 33.7 Å². The molecule has 2 aromatic heterocycles. The van der Waals surface area contributed by atoms with Gasteiger partial charge in [-0.05, 0) is 37.8 Å². The van der Waals surface area contributed by atoms with Crippen LogP contribution in [0.2, 0.25) is 10.0 Å². The number of rotatable bonds is 3. The van der Waals surface area contributed by atoms with Gasteiger partial charge in [0.1, 0.15) is 0 Å². The summed E-state index contributed by atoms with van der Waals surface area (Å²) in [6, 6.07) is 2.76. The molecule has 0 bridgehead atoms. The van der Waals surface area contributed by atoms with Gasteiger partial charge in [0.15, 0.2) is 5.75 Å². The van der Waals surface area contributed by atoms with Crippen LogP contribution in [0, 0.1) is 0 Å². The van der Waals surface area contributed by atoms with Crippen molar-refractivity contribution in [2.75, 3.05) is 5.73 Å². The molecular formula is C17H14Cl2N6O4. The summed E-state index contributed by atoms with van der Waals surface area (Å²) in [5.74, 6) is -0.0597. The molecule has 2 heterocycles. The van der Waals surface area contributed by atoms with Crippen LogP contribution in [0.4, 0.5) is 5.82 Å². The van der Waals surface area contributed by atoms with Crippen molar-refractivity contribution in [2.45, 2.75) is 25.7 Å². The highest BCUT2D eigenvalue weighted by atomic mass is 35.5. The predicted octanol–water partition coefficient (Wildman–Crippen LogP) is 1.56. The number of ether oxygens (including phenoxy) is 1. The third-order valence-electron chi connectivity index (χ3n) is 4.54. The Morgan fingerprint density at radius 1 is 1.03 bits per heavy atom. The molecule has 1 aliphatic rings. The lowest BCUT2D eigenvalue weighted by Crippen LogP contribution is -2.33. The Labute approximate surface area is 172 Å². The Kier molecular flexibility index (Phi) is 4.89. The van der Waals surface area contributed by atoms with E-state index in [0.29, 0.717) is 18.4 Å². The smallest absolute Gasteiger partial charge is 0.349 e. The molecule has 1 aliphatic carbocycles. The zero-order valence-corrected chi connectivity index (χ0v) is 16.3. The first-order valence-electron chi connectivity index (χ1n) is 8.62. The third-order valence-corrected chi connectivity index (χ3v) is 5.10. The number of aromatic amines is 2. The largest absolute Gasteiger partial charge is 0.434 e. The predicted molar refractivity (Wildman–Crippen MR) is 106 cm³/mol. The molecule has 3 aromatic rings. The van der Waals surface area contributed by atoms with Crippen LogP contribution in [0.25, 0.3) is 5.69 Å². The van der Waals surface area contributed by atoms with Gasteiger partial charge < -0.3 is 10.5 Å². The number of nitrogens with zero attached hydrogens (tertiary/aromatic N) is 3. The summed E-state index contributed by atoms with van der Waals surface area (Å²) >= 11 is 12.6. The maximum absolute atomic E-state index is 12.0. The summed E-state index contributed by atoms with van der Waals surface area (Å²) in [4.78, 5) is 37.4. The molecule has 10 nitrogen and oxygen atoms in total. The van der Waals surface area contributed by atoms with Crippen LogP contribution in [0.3, 0.4) is 0 Å². The molecule has 0 saturated heterocycles. The lowest BCUT2D eigenvalue weighted by Gasteiger charge is -2.18. The Morgan fingerprint density at radius 2 is 1.69 bits per heavy atom. The van der Waals surface area contributed by atoms with Gasteiger partial charge in [-0.3, -0.25) is 14.6 Å². The van der Waals surface area contributed by atoms with Gasteiger partial charge in [-0.2, -0.15) is 4.68 Å². The van der Waals surface area contributed by atoms with E-state index in [1.807, 2.05) is 4.98 Å². The summed E-state index contributed by atoms with van der Waals surface area (Å²) in [5.41, 5.74) is 5.18. The maximum Gasteiger partial charge on any atom is 0.349 e. The Hall–Kier alpha value is -3.11. The normalized spacial score (nSPS) is 13.2. The highest BCUT2D eigenvalue weighted by molar-refractivity contribution is 6.37. The van der Waals surface area contributed by atoms with Crippen LogP contribution in [0.5, 0.6) is 11.6 Å². The number of hydrogen-bond donors (Lipinski definition) is 3. The number of fused-ring (bicyclic) bond motifs is 1. The van der Waals surface area contributed by atoms with Crippen LogP contribution >= 0.6 is 23.2 Å². The first-order valence-corrected chi connectivity index (χ1v) is 9.37. The van der Waals surface area contributed by atoms with Crippen molar-refractivity contribution < 1.29 is 4.74 Å². The SMILES string of the molecule is Nc1nn(-c2cc(Cl)c(Oc3n[nH]c(=O)c4c3CCCC4)c(Cl)c2)c(=O)[nH]c1=O. The van der Waals surface area contributed by atoms with E-state index < -0.39 is 11.2 Å². The number of halogens is 2. The average Bonchev–Trinajstić information content (AvgIpc) is 2.69. The minimum Gasteiger partial charge on any atom is -0.434 e. The molecule has 4 N–H and O–H groups in total. The first-order chi connectivity index (χ1) is 13.8. The number of H-pyrrole nitrogens is 2. The van der Waals surface area contributed by atoms with Gasteiger partial charge in [0, 0.05) is 11.1 Å². The summed E-state index contributed by atoms with van der Waals surface area (Å²) in [6.07, 6.45) is 3.13. The molecule has 12 heteroatoms. The van der Waals surface area contributed by atoms with Crippen molar-refractivity contribution in [1.82, 2.24) is 25.0 Å². The minimum absolute atomic E-state index is 0.0727. The second kappa shape index (κ2) is 7.37. The van der Waals surface area contributed by atoms with E-state index in [1.54, 1.807) is 0 Å². The molecule has 0 atom stereocenters. The van der Waals surface area contributed by atoms with E-state index in [9.17, 15) is 14.4 Å². The lowest BCUT2D eigenvalue weighted by molar-refractivity contribution is 0.440. The topological polar surface area (TPSA) is 149 Å². The summed E-state index contributed by atoms with van der Waals surface area (Å²) in [6.45, 7) is 0. The van der Waals surface area contributed by atoms with Crippen molar-refractivity contribution in [3.8, 4) is 17.3 Å². The second-order valence-corrected chi connectivity index (χ2v) is 7.23. The number of aromatic nitrogens is 5. The zero-order chi connectivity index (χ0) is 20.7. The molecule has 150 valence electrons. The molecule has 0 saturated carbocycles. The monoisotopic (exact) mass is 436 g/mol. The Bertz CT molecular complexity index is 1270. The number of hydrogen-bond acceptors (Lipinski definition) is 7. The molecule has 0 aliphatic heterocycles. The average molecular weight is 437 g/mol. The highest BCUT2D eigenvalue weighted by Crippen LogP contribution is 2.39. The fourth-order valence-electron chi connectivity index (χ4n) is 3.16. The van der Waals surface area contributed by atoms with E-state index in [0.717, 1.165) is 23.1 Å². The van der Waals surface area contributed by atoms with Crippen molar-refractivity contribution in [3.05, 3.63) is 64.5 Å². The van der Waals surface area contributed by atoms with E-state index in [1.165, 1.54) is 12.1 Å². The van der Waals surface area contributed by atoms with Gasteiger partial charge in [-0.25, -0.2) is 9.89 Å². The van der Waals surface area contributed by atoms with Gasteiger partial charge in [0.25, 0.3) is 11.1 Å². The van der Waals surface area contributed by atoms with E-state index in [2.05, 4.69) is 15.3 Å². The molecule has 0 radical (unpaired) electrons. The first kappa shape index (κ1) is 19.2. The number of nitrogens with one attached hydrogen (secondary N) is 2. The van der Waals surface area contributed by atoms with Crippen LogP contribution in [0.15, 0.2) is 26.5 Å². The fraction of sp³-hybridized carbons (Fsp3) is 0.235. The van der Waals surface area contributed by atoms with Crippen molar-refractivity contribution in [1.29, 1.82) is 0 Å². The summed E-state index contributed by atoms with van der Waals surface area (Å²) < 4.78 is 6.68. The molecule has 0 spiro atoms. The Balaban J connectivity index is 1.77. The van der Waals surface area contributed by atoms with Crippen molar-refractivity contribution in [2.24, 2.45) is 0 Å². The summed E-state index contributed by atoms with van der Waals surface area (Å²) in [7, 11) is 0. The Morgan fingerprint density at radius 3 is 2.38 bits per heavy atom. The van der Waals surface area contributed by atoms with Crippen molar-refractivity contribution in [3.63, 3.8) is 0 Å². The van der Waals surface area contributed by atoms with Gasteiger partial charge in [-0.1, -0.05) is 23.2 Å². The van der Waals surface area contributed by atoms with E-state index in [-0.39, 0.29) is 38.7 Å². The number of benzene rings is 1. The minimum atomic E-state index is -0.804. The number of nitrogen functional groups attached to an aromatic ring is 1. The van der Waals surface area contributed by atoms with Crippen molar-refractivity contribution >= 4 is 29.0 Å². The quantitative estimate of drug-likeness (QED) is 0.563.